The molecule has 2 unspecified atom stereocenters. The van der Waals surface area contributed by atoms with Crippen LogP contribution in [0.5, 0.6) is 0 Å². The Kier molecular flexibility index (Phi) is 3.96. The molecule has 2 heteroatoms. The average Bonchev–Trinajstić information content (AvgIpc) is 2.45. The Labute approximate surface area is 88.8 Å². The lowest BCUT2D eigenvalue weighted by molar-refractivity contribution is 0.147. The Balaban J connectivity index is 2.53. The zero-order valence-corrected chi connectivity index (χ0v) is 10.2. The van der Waals surface area contributed by atoms with Crippen molar-refractivity contribution in [2.75, 3.05) is 13.1 Å². The predicted molar refractivity (Wildman–Crippen MR) is 62.3 cm³/mol. The van der Waals surface area contributed by atoms with Gasteiger partial charge in [0.15, 0.2) is 0 Å². The standard InChI is InChI=1S/C12H26N2/c1-10-6-5-7-14(10)11(9-13)8-12(2,3)4/h10-11H,5-9,13H2,1-4H3. The fourth-order valence-electron chi connectivity index (χ4n) is 2.54. The second-order valence-electron chi connectivity index (χ2n) is 5.88. The molecule has 1 rings (SSSR count). The van der Waals surface area contributed by atoms with Gasteiger partial charge in [0, 0.05) is 18.6 Å². The molecule has 0 spiro atoms. The molecule has 0 bridgehead atoms. The zero-order valence-electron chi connectivity index (χ0n) is 10.2. The molecule has 1 aliphatic heterocycles. The van der Waals surface area contributed by atoms with E-state index in [0.717, 1.165) is 12.6 Å². The first-order valence-electron chi connectivity index (χ1n) is 5.90. The van der Waals surface area contributed by atoms with Gasteiger partial charge in [-0.05, 0) is 38.1 Å². The minimum atomic E-state index is 0.395. The number of nitrogens with two attached hydrogens (primary N) is 1. The summed E-state index contributed by atoms with van der Waals surface area (Å²) in [6, 6.07) is 1.33. The van der Waals surface area contributed by atoms with Crippen LogP contribution in [0.4, 0.5) is 0 Å². The van der Waals surface area contributed by atoms with E-state index in [1.54, 1.807) is 0 Å². The maximum Gasteiger partial charge on any atom is 0.0226 e. The average molecular weight is 198 g/mol. The van der Waals surface area contributed by atoms with Crippen LogP contribution in [0.3, 0.4) is 0 Å². The maximum atomic E-state index is 5.88. The van der Waals surface area contributed by atoms with Crippen molar-refractivity contribution in [1.29, 1.82) is 0 Å². The van der Waals surface area contributed by atoms with Crippen molar-refractivity contribution >= 4 is 0 Å². The van der Waals surface area contributed by atoms with Crippen molar-refractivity contribution in [3.05, 3.63) is 0 Å². The van der Waals surface area contributed by atoms with Crippen LogP contribution in [0.15, 0.2) is 0 Å². The monoisotopic (exact) mass is 198 g/mol. The topological polar surface area (TPSA) is 29.3 Å². The molecule has 0 aromatic carbocycles. The zero-order chi connectivity index (χ0) is 10.8. The van der Waals surface area contributed by atoms with Gasteiger partial charge in [0.05, 0.1) is 0 Å². The van der Waals surface area contributed by atoms with E-state index >= 15 is 0 Å². The smallest absolute Gasteiger partial charge is 0.0226 e. The molecule has 0 aromatic rings. The summed E-state index contributed by atoms with van der Waals surface area (Å²) >= 11 is 0. The van der Waals surface area contributed by atoms with Gasteiger partial charge < -0.3 is 5.73 Å². The molecule has 0 radical (unpaired) electrons. The summed E-state index contributed by atoms with van der Waals surface area (Å²) in [6.07, 6.45) is 3.91. The van der Waals surface area contributed by atoms with Crippen LogP contribution < -0.4 is 5.73 Å². The molecule has 1 aliphatic rings. The lowest BCUT2D eigenvalue weighted by Crippen LogP contribution is -2.44. The molecule has 84 valence electrons. The van der Waals surface area contributed by atoms with Crippen molar-refractivity contribution in [3.63, 3.8) is 0 Å². The van der Waals surface area contributed by atoms with Crippen molar-refractivity contribution in [3.8, 4) is 0 Å². The van der Waals surface area contributed by atoms with Crippen molar-refractivity contribution < 1.29 is 0 Å². The normalized spacial score (nSPS) is 26.8. The van der Waals surface area contributed by atoms with E-state index in [2.05, 4.69) is 32.6 Å². The highest BCUT2D eigenvalue weighted by Crippen LogP contribution is 2.27. The number of hydrogen-bond acceptors (Lipinski definition) is 2. The molecule has 0 aromatic heterocycles. The number of hydrogen-bond donors (Lipinski definition) is 1. The molecular formula is C12H26N2. The molecule has 2 N–H and O–H groups in total. The highest BCUT2D eigenvalue weighted by molar-refractivity contribution is 4.85. The van der Waals surface area contributed by atoms with E-state index in [1.165, 1.54) is 25.8 Å². The third kappa shape index (κ3) is 3.25. The van der Waals surface area contributed by atoms with Crippen LogP contribution >= 0.6 is 0 Å². The lowest BCUT2D eigenvalue weighted by atomic mass is 9.87. The lowest BCUT2D eigenvalue weighted by Gasteiger charge is -2.34. The quantitative estimate of drug-likeness (QED) is 0.753. The molecule has 0 saturated carbocycles. The molecule has 1 saturated heterocycles. The summed E-state index contributed by atoms with van der Waals surface area (Å²) in [5.41, 5.74) is 6.28. The van der Waals surface area contributed by atoms with Crippen molar-refractivity contribution in [2.24, 2.45) is 11.1 Å². The third-order valence-electron chi connectivity index (χ3n) is 3.19. The Bertz CT molecular complexity index is 172. The van der Waals surface area contributed by atoms with Gasteiger partial charge in [0.25, 0.3) is 0 Å². The third-order valence-corrected chi connectivity index (χ3v) is 3.19. The van der Waals surface area contributed by atoms with Crippen LogP contribution in [0.2, 0.25) is 0 Å². The molecule has 14 heavy (non-hydrogen) atoms. The van der Waals surface area contributed by atoms with E-state index in [9.17, 15) is 0 Å². The van der Waals surface area contributed by atoms with Crippen LogP contribution in [-0.2, 0) is 0 Å². The Hall–Kier alpha value is -0.0800. The number of likely N-dealkylation sites (tertiary alicyclic amines) is 1. The van der Waals surface area contributed by atoms with Gasteiger partial charge in [-0.2, -0.15) is 0 Å². The summed E-state index contributed by atoms with van der Waals surface area (Å²) in [7, 11) is 0. The molecule has 1 heterocycles. The van der Waals surface area contributed by atoms with Crippen molar-refractivity contribution in [1.82, 2.24) is 4.90 Å². The predicted octanol–water partition coefficient (Wildman–Crippen LogP) is 2.23. The maximum absolute atomic E-state index is 5.88. The largest absolute Gasteiger partial charge is 0.329 e. The first-order valence-corrected chi connectivity index (χ1v) is 5.90. The van der Waals surface area contributed by atoms with Gasteiger partial charge >= 0.3 is 0 Å². The molecule has 0 aliphatic carbocycles. The Morgan fingerprint density at radius 3 is 2.43 bits per heavy atom. The van der Waals surface area contributed by atoms with Gasteiger partial charge in [-0.15, -0.1) is 0 Å². The first-order chi connectivity index (χ1) is 6.44. The minimum Gasteiger partial charge on any atom is -0.329 e. The second kappa shape index (κ2) is 4.63. The summed E-state index contributed by atoms with van der Waals surface area (Å²) in [5.74, 6) is 0. The summed E-state index contributed by atoms with van der Waals surface area (Å²) < 4.78 is 0. The van der Waals surface area contributed by atoms with E-state index in [4.69, 9.17) is 5.73 Å². The minimum absolute atomic E-state index is 0.395. The number of rotatable bonds is 3. The summed E-state index contributed by atoms with van der Waals surface area (Å²) in [4.78, 5) is 2.60. The first kappa shape index (κ1) is 12.0. The van der Waals surface area contributed by atoms with Gasteiger partial charge in [-0.1, -0.05) is 20.8 Å². The Morgan fingerprint density at radius 1 is 1.43 bits per heavy atom. The van der Waals surface area contributed by atoms with E-state index in [0.29, 0.717) is 11.5 Å². The van der Waals surface area contributed by atoms with E-state index < -0.39 is 0 Å². The second-order valence-corrected chi connectivity index (χ2v) is 5.88. The molecule has 1 fully saturated rings. The van der Waals surface area contributed by atoms with Gasteiger partial charge in [0.2, 0.25) is 0 Å². The van der Waals surface area contributed by atoms with Crippen LogP contribution in [0.1, 0.15) is 47.0 Å². The fraction of sp³-hybridized carbons (Fsp3) is 1.00. The molecule has 2 nitrogen and oxygen atoms in total. The summed E-state index contributed by atoms with van der Waals surface area (Å²) in [5, 5.41) is 0. The SMILES string of the molecule is CC1CCCN1C(CN)CC(C)(C)C. The van der Waals surface area contributed by atoms with Crippen LogP contribution in [0, 0.1) is 5.41 Å². The van der Waals surface area contributed by atoms with Crippen LogP contribution in [0.25, 0.3) is 0 Å². The molecule has 0 amide bonds. The molecular weight excluding hydrogens is 172 g/mol. The van der Waals surface area contributed by atoms with Gasteiger partial charge in [-0.25, -0.2) is 0 Å². The summed E-state index contributed by atoms with van der Waals surface area (Å²) in [6.45, 7) is 11.3. The highest BCUT2D eigenvalue weighted by Gasteiger charge is 2.29. The Morgan fingerprint density at radius 2 is 2.07 bits per heavy atom. The van der Waals surface area contributed by atoms with Gasteiger partial charge in [0.1, 0.15) is 0 Å². The van der Waals surface area contributed by atoms with Crippen LogP contribution in [-0.4, -0.2) is 30.1 Å². The highest BCUT2D eigenvalue weighted by atomic mass is 15.2. The number of nitrogens with zero attached hydrogens (tertiary/aromatic N) is 1. The van der Waals surface area contributed by atoms with Crippen molar-refractivity contribution in [2.45, 2.75) is 59.0 Å². The van der Waals surface area contributed by atoms with Gasteiger partial charge in [-0.3, -0.25) is 4.90 Å². The fourth-order valence-corrected chi connectivity index (χ4v) is 2.54. The molecule has 2 atom stereocenters. The van der Waals surface area contributed by atoms with E-state index in [1.807, 2.05) is 0 Å². The van der Waals surface area contributed by atoms with E-state index in [-0.39, 0.29) is 0 Å².